The SMILES string of the molecule is CN(C(=O)COC(=O)CSc1ccccc1F)C1(C#N)CCCCC1. The topological polar surface area (TPSA) is 70.4 Å². The van der Waals surface area contributed by atoms with E-state index in [2.05, 4.69) is 6.07 Å². The summed E-state index contributed by atoms with van der Waals surface area (Å²) in [5.41, 5.74) is -0.802. The van der Waals surface area contributed by atoms with E-state index in [1.165, 1.54) is 11.0 Å². The number of benzene rings is 1. The van der Waals surface area contributed by atoms with E-state index < -0.39 is 29.8 Å². The van der Waals surface area contributed by atoms with Gasteiger partial charge >= 0.3 is 5.97 Å². The van der Waals surface area contributed by atoms with Gasteiger partial charge in [-0.15, -0.1) is 11.8 Å². The lowest BCUT2D eigenvalue weighted by Crippen LogP contribution is -2.51. The molecule has 1 saturated carbocycles. The maximum absolute atomic E-state index is 13.5. The van der Waals surface area contributed by atoms with Gasteiger partial charge in [-0.2, -0.15) is 5.26 Å². The lowest BCUT2D eigenvalue weighted by molar-refractivity contribution is -0.151. The standard InChI is InChI=1S/C18H21FN2O3S/c1-21(18(13-20)9-5-2-6-10-18)16(22)11-24-17(23)12-25-15-8-4-3-7-14(15)19/h3-4,7-8H,2,5-6,9-12H2,1H3. The van der Waals surface area contributed by atoms with Gasteiger partial charge in [0.25, 0.3) is 5.91 Å². The van der Waals surface area contributed by atoms with Crippen LogP contribution in [0.25, 0.3) is 0 Å². The van der Waals surface area contributed by atoms with Crippen LogP contribution in [0.3, 0.4) is 0 Å². The molecule has 0 N–H and O–H groups in total. The number of amides is 1. The first-order valence-corrected chi connectivity index (χ1v) is 9.18. The van der Waals surface area contributed by atoms with Crippen molar-refractivity contribution in [1.82, 2.24) is 4.90 Å². The third-order valence-electron chi connectivity index (χ3n) is 4.44. The molecule has 0 heterocycles. The van der Waals surface area contributed by atoms with Gasteiger partial charge in [0, 0.05) is 11.9 Å². The van der Waals surface area contributed by atoms with E-state index in [1.54, 1.807) is 25.2 Å². The van der Waals surface area contributed by atoms with Crippen LogP contribution in [-0.4, -0.2) is 41.7 Å². The summed E-state index contributed by atoms with van der Waals surface area (Å²) in [4.78, 5) is 25.8. The summed E-state index contributed by atoms with van der Waals surface area (Å²) in [5.74, 6) is -1.47. The largest absolute Gasteiger partial charge is 0.455 e. The third-order valence-corrected chi connectivity index (χ3v) is 5.47. The van der Waals surface area contributed by atoms with E-state index in [0.717, 1.165) is 31.0 Å². The van der Waals surface area contributed by atoms with Gasteiger partial charge in [-0.3, -0.25) is 9.59 Å². The minimum atomic E-state index is -0.802. The Balaban J connectivity index is 1.81. The molecule has 0 aliphatic heterocycles. The highest BCUT2D eigenvalue weighted by Crippen LogP contribution is 2.32. The van der Waals surface area contributed by atoms with Crippen molar-refractivity contribution in [3.63, 3.8) is 0 Å². The van der Waals surface area contributed by atoms with Crippen LogP contribution in [0.5, 0.6) is 0 Å². The third kappa shape index (κ3) is 4.95. The van der Waals surface area contributed by atoms with Gasteiger partial charge in [0.2, 0.25) is 0 Å². The maximum atomic E-state index is 13.5. The van der Waals surface area contributed by atoms with Crippen molar-refractivity contribution in [2.75, 3.05) is 19.4 Å². The van der Waals surface area contributed by atoms with Crippen LogP contribution >= 0.6 is 11.8 Å². The Morgan fingerprint density at radius 1 is 1.32 bits per heavy atom. The van der Waals surface area contributed by atoms with Crippen molar-refractivity contribution in [2.24, 2.45) is 0 Å². The molecule has 0 spiro atoms. The minimum Gasteiger partial charge on any atom is -0.455 e. The molecule has 1 aromatic rings. The molecule has 7 heteroatoms. The lowest BCUT2D eigenvalue weighted by Gasteiger charge is -2.38. The zero-order valence-corrected chi connectivity index (χ0v) is 15.0. The Morgan fingerprint density at radius 2 is 2.00 bits per heavy atom. The van der Waals surface area contributed by atoms with Crippen LogP contribution in [0.15, 0.2) is 29.2 Å². The number of halogens is 1. The van der Waals surface area contributed by atoms with Crippen molar-refractivity contribution >= 4 is 23.6 Å². The Kier molecular flexibility index (Phi) is 6.82. The quantitative estimate of drug-likeness (QED) is 0.573. The van der Waals surface area contributed by atoms with E-state index in [9.17, 15) is 19.2 Å². The Hall–Kier alpha value is -2.07. The van der Waals surface area contributed by atoms with Crippen molar-refractivity contribution < 1.29 is 18.7 Å². The molecule has 1 aliphatic rings. The molecule has 2 rings (SSSR count). The summed E-state index contributed by atoms with van der Waals surface area (Å²) in [6.45, 7) is -0.406. The summed E-state index contributed by atoms with van der Waals surface area (Å²) in [5, 5.41) is 9.48. The number of thioether (sulfide) groups is 1. The second kappa shape index (κ2) is 8.86. The molecule has 134 valence electrons. The molecule has 1 aliphatic carbocycles. The number of likely N-dealkylation sites (N-methyl/N-ethyl adjacent to an activating group) is 1. The fourth-order valence-corrected chi connectivity index (χ4v) is 3.61. The second-order valence-electron chi connectivity index (χ2n) is 6.04. The predicted octanol–water partition coefficient (Wildman–Crippen LogP) is 3.15. The number of hydrogen-bond donors (Lipinski definition) is 0. The van der Waals surface area contributed by atoms with Crippen LogP contribution in [-0.2, 0) is 14.3 Å². The van der Waals surface area contributed by atoms with Crippen molar-refractivity contribution in [2.45, 2.75) is 42.5 Å². The summed E-state index contributed by atoms with van der Waals surface area (Å²) in [6.07, 6.45) is 4.16. The molecule has 0 aromatic heterocycles. The highest BCUT2D eigenvalue weighted by Gasteiger charge is 2.38. The Labute approximate surface area is 151 Å². The first-order chi connectivity index (χ1) is 12.0. The number of carbonyl (C=O) groups is 2. The van der Waals surface area contributed by atoms with E-state index in [0.29, 0.717) is 17.7 Å². The number of ether oxygens (including phenoxy) is 1. The number of nitrogens with zero attached hydrogens (tertiary/aromatic N) is 2. The van der Waals surface area contributed by atoms with E-state index in [1.807, 2.05) is 0 Å². The number of esters is 1. The number of carbonyl (C=O) groups excluding carboxylic acids is 2. The zero-order valence-electron chi connectivity index (χ0n) is 14.2. The maximum Gasteiger partial charge on any atom is 0.316 e. The first kappa shape index (κ1) is 19.3. The monoisotopic (exact) mass is 364 g/mol. The van der Waals surface area contributed by atoms with Gasteiger partial charge < -0.3 is 9.64 Å². The van der Waals surface area contributed by atoms with Gasteiger partial charge in [0.05, 0.1) is 11.8 Å². The van der Waals surface area contributed by atoms with Gasteiger partial charge in [-0.25, -0.2) is 4.39 Å². The van der Waals surface area contributed by atoms with Crippen LogP contribution in [0.2, 0.25) is 0 Å². The molecule has 0 atom stereocenters. The fraction of sp³-hybridized carbons (Fsp3) is 0.500. The van der Waals surface area contributed by atoms with Crippen molar-refractivity contribution in [1.29, 1.82) is 5.26 Å². The highest BCUT2D eigenvalue weighted by molar-refractivity contribution is 8.00. The van der Waals surface area contributed by atoms with Crippen LogP contribution in [0, 0.1) is 17.1 Å². The van der Waals surface area contributed by atoms with Crippen LogP contribution in [0.1, 0.15) is 32.1 Å². The summed E-state index contributed by atoms with van der Waals surface area (Å²) >= 11 is 1.02. The van der Waals surface area contributed by atoms with E-state index >= 15 is 0 Å². The predicted molar refractivity (Wildman–Crippen MR) is 92.3 cm³/mol. The van der Waals surface area contributed by atoms with Crippen molar-refractivity contribution in [3.05, 3.63) is 30.1 Å². The molecule has 25 heavy (non-hydrogen) atoms. The fourth-order valence-electron chi connectivity index (χ4n) is 2.88. The molecule has 0 radical (unpaired) electrons. The first-order valence-electron chi connectivity index (χ1n) is 8.19. The second-order valence-corrected chi connectivity index (χ2v) is 7.05. The Morgan fingerprint density at radius 3 is 2.64 bits per heavy atom. The minimum absolute atomic E-state index is 0.0820. The molecule has 1 aromatic carbocycles. The zero-order chi connectivity index (χ0) is 18.3. The average molecular weight is 364 g/mol. The van der Waals surface area contributed by atoms with Crippen molar-refractivity contribution in [3.8, 4) is 6.07 Å². The summed E-state index contributed by atoms with van der Waals surface area (Å²) < 4.78 is 18.5. The highest BCUT2D eigenvalue weighted by atomic mass is 32.2. The molecule has 5 nitrogen and oxygen atoms in total. The van der Waals surface area contributed by atoms with Gasteiger partial charge in [0.15, 0.2) is 6.61 Å². The van der Waals surface area contributed by atoms with Gasteiger partial charge in [-0.1, -0.05) is 31.4 Å². The molecule has 0 bridgehead atoms. The van der Waals surface area contributed by atoms with Crippen LogP contribution in [0.4, 0.5) is 4.39 Å². The molecular formula is C18H21FN2O3S. The molecule has 0 saturated heterocycles. The van der Waals surface area contributed by atoms with Gasteiger partial charge in [0.1, 0.15) is 11.4 Å². The average Bonchev–Trinajstić information content (AvgIpc) is 2.65. The van der Waals surface area contributed by atoms with E-state index in [4.69, 9.17) is 4.74 Å². The molecule has 1 amide bonds. The summed E-state index contributed by atoms with van der Waals surface area (Å²) in [6, 6.07) is 8.40. The molecule has 0 unspecified atom stereocenters. The number of nitriles is 1. The molecule has 1 fully saturated rings. The normalized spacial score (nSPS) is 15.9. The number of rotatable bonds is 6. The molecular weight excluding hydrogens is 343 g/mol. The lowest BCUT2D eigenvalue weighted by atomic mass is 9.81. The number of hydrogen-bond acceptors (Lipinski definition) is 5. The van der Waals surface area contributed by atoms with Crippen LogP contribution < -0.4 is 0 Å². The summed E-state index contributed by atoms with van der Waals surface area (Å²) in [7, 11) is 1.58. The van der Waals surface area contributed by atoms with E-state index in [-0.39, 0.29) is 5.75 Å². The van der Waals surface area contributed by atoms with Gasteiger partial charge in [-0.05, 0) is 25.0 Å². The Bertz CT molecular complexity index is 669. The smallest absolute Gasteiger partial charge is 0.316 e.